The minimum Gasteiger partial charge on any atom is -0.384 e. The molecule has 10 heteroatoms. The zero-order chi connectivity index (χ0) is 16.9. The van der Waals surface area contributed by atoms with Crippen molar-refractivity contribution >= 4 is 27.4 Å². The highest BCUT2D eigenvalue weighted by Crippen LogP contribution is 2.17. The van der Waals surface area contributed by atoms with Gasteiger partial charge >= 0.3 is 0 Å². The summed E-state index contributed by atoms with van der Waals surface area (Å²) in [6, 6.07) is -0.202. The van der Waals surface area contributed by atoms with Crippen LogP contribution in [0.2, 0.25) is 0 Å². The minimum atomic E-state index is -3.69. The lowest BCUT2D eigenvalue weighted by Gasteiger charge is -2.20. The van der Waals surface area contributed by atoms with Crippen LogP contribution in [0.25, 0.3) is 0 Å². The number of nitrogens with zero attached hydrogens (tertiary/aromatic N) is 3. The van der Waals surface area contributed by atoms with Crippen molar-refractivity contribution in [3.63, 3.8) is 0 Å². The van der Waals surface area contributed by atoms with Crippen LogP contribution in [-0.4, -0.2) is 63.5 Å². The zero-order valence-electron chi connectivity index (χ0n) is 13.3. The van der Waals surface area contributed by atoms with Gasteiger partial charge in [-0.05, 0) is 12.3 Å². The number of methoxy groups -OCH3 is 1. The third kappa shape index (κ3) is 5.81. The van der Waals surface area contributed by atoms with Crippen LogP contribution in [0.15, 0.2) is 16.6 Å². The van der Waals surface area contributed by atoms with Gasteiger partial charge in [0.1, 0.15) is 0 Å². The number of nitrogens with two attached hydrogens (primary N) is 1. The molecule has 1 unspecified atom stereocenters. The summed E-state index contributed by atoms with van der Waals surface area (Å²) in [6.07, 6.45) is 2.43. The fraction of sp³-hybridized carbons (Fsp3) is 0.692. The lowest BCUT2D eigenvalue weighted by molar-refractivity contribution is 0.163. The van der Waals surface area contributed by atoms with Crippen molar-refractivity contribution in [3.05, 3.63) is 16.6 Å². The van der Waals surface area contributed by atoms with Crippen molar-refractivity contribution in [3.8, 4) is 0 Å². The molecule has 8 nitrogen and oxygen atoms in total. The molecule has 1 aliphatic heterocycles. The van der Waals surface area contributed by atoms with Crippen LogP contribution >= 0.6 is 11.3 Å². The molecule has 23 heavy (non-hydrogen) atoms. The summed E-state index contributed by atoms with van der Waals surface area (Å²) < 4.78 is 29.9. The Labute approximate surface area is 140 Å². The van der Waals surface area contributed by atoms with Gasteiger partial charge in [0.05, 0.1) is 6.61 Å². The van der Waals surface area contributed by atoms with Crippen LogP contribution in [0.4, 0.5) is 0 Å². The number of rotatable bonds is 7. The van der Waals surface area contributed by atoms with Gasteiger partial charge in [-0.25, -0.2) is 10.1 Å². The van der Waals surface area contributed by atoms with E-state index in [1.165, 1.54) is 11.3 Å². The Morgan fingerprint density at radius 2 is 2.48 bits per heavy atom. The summed E-state index contributed by atoms with van der Waals surface area (Å²) in [5.74, 6) is 1.11. The Morgan fingerprint density at radius 1 is 1.70 bits per heavy atom. The highest BCUT2D eigenvalue weighted by Gasteiger charge is 2.28. The fourth-order valence-electron chi connectivity index (χ4n) is 2.50. The van der Waals surface area contributed by atoms with Gasteiger partial charge in [0.2, 0.25) is 0 Å². The molecule has 0 aromatic carbocycles. The quantitative estimate of drug-likeness (QED) is 0.526. The van der Waals surface area contributed by atoms with Crippen LogP contribution in [0, 0.1) is 5.92 Å². The van der Waals surface area contributed by atoms with E-state index in [-0.39, 0.29) is 6.04 Å². The van der Waals surface area contributed by atoms with Crippen LogP contribution in [0.1, 0.15) is 18.4 Å². The number of hydrogen-bond acceptors (Lipinski definition) is 6. The van der Waals surface area contributed by atoms with Gasteiger partial charge in [-0.1, -0.05) is 6.92 Å². The largest absolute Gasteiger partial charge is 0.384 e. The van der Waals surface area contributed by atoms with Gasteiger partial charge in [-0.15, -0.1) is 11.3 Å². The number of likely N-dealkylation sites (tertiary alicyclic amines) is 1. The maximum Gasteiger partial charge on any atom is 0.274 e. The first-order valence-corrected chi connectivity index (χ1v) is 9.80. The second kappa shape index (κ2) is 8.15. The summed E-state index contributed by atoms with van der Waals surface area (Å²) in [7, 11) is -2.02. The lowest BCUT2D eigenvalue weighted by Crippen LogP contribution is -2.41. The first kappa shape index (κ1) is 18.3. The van der Waals surface area contributed by atoms with Crippen LogP contribution in [0.5, 0.6) is 0 Å². The van der Waals surface area contributed by atoms with Gasteiger partial charge in [0.15, 0.2) is 10.8 Å². The van der Waals surface area contributed by atoms with Crippen LogP contribution in [-0.2, 0) is 14.9 Å². The topological polar surface area (TPSA) is 110 Å². The van der Waals surface area contributed by atoms with E-state index >= 15 is 0 Å². The highest BCUT2D eigenvalue weighted by atomic mass is 32.2. The molecule has 0 bridgehead atoms. The third-order valence-corrected chi connectivity index (χ3v) is 4.88. The van der Waals surface area contributed by atoms with Gasteiger partial charge in [-0.3, -0.25) is 4.99 Å². The van der Waals surface area contributed by atoms with E-state index in [0.29, 0.717) is 38.6 Å². The molecule has 3 N–H and O–H groups in total. The Morgan fingerprint density at radius 3 is 3.09 bits per heavy atom. The number of thiazole rings is 1. The predicted molar refractivity (Wildman–Crippen MR) is 90.8 cm³/mol. The SMILES string of the molecule is COCC(C)CN=C(c1nccs1)N1CC[C@H](NS(N)(=O)=O)C1. The molecular weight excluding hydrogens is 338 g/mol. The summed E-state index contributed by atoms with van der Waals surface area (Å²) in [5, 5.41) is 7.79. The van der Waals surface area contributed by atoms with E-state index in [2.05, 4.69) is 21.5 Å². The smallest absolute Gasteiger partial charge is 0.274 e. The van der Waals surface area contributed by atoms with E-state index in [9.17, 15) is 8.42 Å². The number of nitrogens with one attached hydrogen (secondary N) is 1. The van der Waals surface area contributed by atoms with Crippen molar-refractivity contribution in [2.45, 2.75) is 19.4 Å². The maximum atomic E-state index is 11.2. The first-order valence-electron chi connectivity index (χ1n) is 7.37. The second-order valence-electron chi connectivity index (χ2n) is 5.66. The molecule has 0 amide bonds. The van der Waals surface area contributed by atoms with E-state index < -0.39 is 10.2 Å². The zero-order valence-corrected chi connectivity index (χ0v) is 14.9. The summed E-state index contributed by atoms with van der Waals surface area (Å²) in [4.78, 5) is 11.1. The summed E-state index contributed by atoms with van der Waals surface area (Å²) in [6.45, 7) is 4.59. The van der Waals surface area contributed by atoms with E-state index in [1.54, 1.807) is 13.3 Å². The Kier molecular flexibility index (Phi) is 6.48. The second-order valence-corrected chi connectivity index (χ2v) is 7.88. The molecule has 130 valence electrons. The average Bonchev–Trinajstić information content (AvgIpc) is 3.10. The molecule has 2 heterocycles. The van der Waals surface area contributed by atoms with Crippen LogP contribution in [0.3, 0.4) is 0 Å². The third-order valence-electron chi connectivity index (χ3n) is 3.45. The van der Waals surface area contributed by atoms with Crippen molar-refractivity contribution in [2.75, 3.05) is 33.4 Å². The molecule has 1 aliphatic rings. The van der Waals surface area contributed by atoms with Gasteiger partial charge in [-0.2, -0.15) is 13.1 Å². The lowest BCUT2D eigenvalue weighted by atomic mass is 10.2. The standard InChI is InChI=1S/C13H23N5O3S2/c1-10(9-21-2)7-16-12(13-15-4-6-22-13)18-5-3-11(8-18)17-23(14,19)20/h4,6,10-11,17H,3,5,7-9H2,1-2H3,(H2,14,19,20)/t10?,11-/m0/s1. The van der Waals surface area contributed by atoms with Gasteiger partial charge in [0.25, 0.3) is 10.2 Å². The van der Waals surface area contributed by atoms with Gasteiger partial charge < -0.3 is 9.64 Å². The molecule has 2 rings (SSSR count). The number of aliphatic imine (C=N–C) groups is 1. The molecule has 1 aromatic heterocycles. The van der Waals surface area contributed by atoms with Crippen molar-refractivity contribution in [1.82, 2.24) is 14.6 Å². The summed E-state index contributed by atoms with van der Waals surface area (Å²) >= 11 is 1.52. The van der Waals surface area contributed by atoms with Crippen LogP contribution < -0.4 is 9.86 Å². The highest BCUT2D eigenvalue weighted by molar-refractivity contribution is 7.87. The molecule has 1 saturated heterocycles. The monoisotopic (exact) mass is 361 g/mol. The number of hydrogen-bond donors (Lipinski definition) is 2. The molecular formula is C13H23N5O3S2. The Hall–Kier alpha value is -1.07. The number of ether oxygens (including phenoxy) is 1. The number of aromatic nitrogens is 1. The molecule has 1 fully saturated rings. The van der Waals surface area contributed by atoms with Crippen molar-refractivity contribution in [2.24, 2.45) is 16.0 Å². The maximum absolute atomic E-state index is 11.2. The van der Waals surface area contributed by atoms with E-state index in [1.807, 2.05) is 5.38 Å². The van der Waals surface area contributed by atoms with E-state index in [0.717, 1.165) is 10.8 Å². The molecule has 2 atom stereocenters. The Balaban J connectivity index is 2.08. The normalized spacial score (nSPS) is 20.9. The molecule has 0 radical (unpaired) electrons. The average molecular weight is 361 g/mol. The minimum absolute atomic E-state index is 0.202. The van der Waals surface area contributed by atoms with Crippen molar-refractivity contribution in [1.29, 1.82) is 0 Å². The molecule has 1 aromatic rings. The summed E-state index contributed by atoms with van der Waals surface area (Å²) in [5.41, 5.74) is 0. The molecule has 0 saturated carbocycles. The van der Waals surface area contributed by atoms with E-state index in [4.69, 9.17) is 14.9 Å². The molecule has 0 aliphatic carbocycles. The van der Waals surface area contributed by atoms with Gasteiger partial charge in [0, 0.05) is 44.4 Å². The number of amidine groups is 1. The predicted octanol–water partition coefficient (Wildman–Crippen LogP) is 0.0396. The van der Waals surface area contributed by atoms with Crippen molar-refractivity contribution < 1.29 is 13.2 Å². The first-order chi connectivity index (χ1) is 10.9. The Bertz CT molecular complexity index is 618. The molecule has 0 spiro atoms. The fourth-order valence-corrected chi connectivity index (χ4v) is 3.83.